The van der Waals surface area contributed by atoms with Gasteiger partial charge in [0, 0.05) is 18.3 Å². The van der Waals surface area contributed by atoms with Crippen molar-refractivity contribution in [3.8, 4) is 16.9 Å². The molecule has 1 aliphatic rings. The normalized spacial score (nSPS) is 13.8. The van der Waals surface area contributed by atoms with Crippen LogP contribution in [0, 0.1) is 6.92 Å². The summed E-state index contributed by atoms with van der Waals surface area (Å²) in [5.41, 5.74) is 9.24. The molecule has 0 spiro atoms. The van der Waals surface area contributed by atoms with E-state index in [1.54, 1.807) is 36.1 Å². The van der Waals surface area contributed by atoms with Gasteiger partial charge in [-0.2, -0.15) is 10.2 Å². The molecule has 4 aromatic rings. The van der Waals surface area contributed by atoms with Crippen molar-refractivity contribution < 1.29 is 8.42 Å². The van der Waals surface area contributed by atoms with Gasteiger partial charge in [0.2, 0.25) is 0 Å². The minimum absolute atomic E-state index is 0.263. The Balaban J connectivity index is 1.32. The summed E-state index contributed by atoms with van der Waals surface area (Å²) in [7, 11) is -2.07. The Kier molecular flexibility index (Phi) is 6.53. The number of fused-ring (bicyclic) bond motifs is 3. The van der Waals surface area contributed by atoms with E-state index in [1.807, 2.05) is 49.4 Å². The molecule has 188 valence electrons. The molecular weight excluding hydrogens is 504 g/mol. The lowest BCUT2D eigenvalue weighted by Crippen LogP contribution is -2.30. The Morgan fingerprint density at radius 1 is 1.05 bits per heavy atom. The molecule has 1 aromatic heterocycles. The van der Waals surface area contributed by atoms with Gasteiger partial charge in [-0.05, 0) is 67.0 Å². The highest BCUT2D eigenvalue weighted by Gasteiger charge is 2.36. The van der Waals surface area contributed by atoms with Crippen LogP contribution in [0.1, 0.15) is 23.7 Å². The summed E-state index contributed by atoms with van der Waals surface area (Å²) in [6, 6.07) is 22.7. The minimum Gasteiger partial charge on any atom is -0.331 e. The average Bonchev–Trinajstić information content (AvgIpc) is 3.25. The third-order valence-corrected chi connectivity index (χ3v) is 8.33. The number of hydrazone groups is 1. The topological polar surface area (TPSA) is 91.6 Å². The summed E-state index contributed by atoms with van der Waals surface area (Å²) in [5.74, 6) is 0. The first-order chi connectivity index (χ1) is 17.8. The van der Waals surface area contributed by atoms with E-state index >= 15 is 0 Å². The molecular formula is C27H26N6O2S2. The van der Waals surface area contributed by atoms with E-state index in [0.29, 0.717) is 22.1 Å². The second-order valence-corrected chi connectivity index (χ2v) is 11.0. The number of rotatable bonds is 5. The third kappa shape index (κ3) is 4.61. The summed E-state index contributed by atoms with van der Waals surface area (Å²) in [6.45, 7) is 3.98. The van der Waals surface area contributed by atoms with Gasteiger partial charge in [0.05, 0.1) is 22.5 Å². The van der Waals surface area contributed by atoms with Crippen molar-refractivity contribution in [2.45, 2.75) is 25.2 Å². The molecule has 0 amide bonds. The molecule has 0 saturated carbocycles. The number of sulfonamides is 1. The molecule has 0 bridgehead atoms. The molecule has 8 nitrogen and oxygen atoms in total. The van der Waals surface area contributed by atoms with Crippen molar-refractivity contribution in [3.63, 3.8) is 0 Å². The lowest BCUT2D eigenvalue weighted by Gasteiger charge is -2.26. The predicted molar refractivity (Wildman–Crippen MR) is 152 cm³/mol. The number of aryl methyl sites for hydroxylation is 1. The molecule has 1 aliphatic heterocycles. The zero-order valence-corrected chi connectivity index (χ0v) is 22.3. The number of benzene rings is 3. The van der Waals surface area contributed by atoms with Crippen molar-refractivity contribution in [1.29, 1.82) is 0 Å². The molecule has 0 saturated heterocycles. The monoisotopic (exact) mass is 530 g/mol. The molecule has 0 fully saturated rings. The first-order valence-electron chi connectivity index (χ1n) is 11.8. The second-order valence-electron chi connectivity index (χ2n) is 8.63. The van der Waals surface area contributed by atoms with E-state index < -0.39 is 10.0 Å². The van der Waals surface area contributed by atoms with Crippen LogP contribution in [0.15, 0.2) is 82.8 Å². The Labute approximate surface area is 221 Å². The van der Waals surface area contributed by atoms with E-state index in [4.69, 9.17) is 17.3 Å². The molecule has 0 aliphatic carbocycles. The summed E-state index contributed by atoms with van der Waals surface area (Å²) in [4.78, 5) is 0.263. The molecule has 10 heteroatoms. The quantitative estimate of drug-likeness (QED) is 0.217. The van der Waals surface area contributed by atoms with Crippen molar-refractivity contribution in [2.24, 2.45) is 5.10 Å². The van der Waals surface area contributed by atoms with Gasteiger partial charge in [0.25, 0.3) is 10.0 Å². The van der Waals surface area contributed by atoms with Crippen LogP contribution in [0.3, 0.4) is 0 Å². The van der Waals surface area contributed by atoms with Crippen LogP contribution < -0.4 is 15.0 Å². The number of hydrogen-bond donors (Lipinski definition) is 2. The molecule has 2 heterocycles. The van der Waals surface area contributed by atoms with Gasteiger partial charge in [-0.3, -0.25) is 9.73 Å². The molecule has 3 aromatic carbocycles. The molecule has 5 rings (SSSR count). The number of nitrogens with one attached hydrogen (secondary N) is 2. The number of nitrogens with zero attached hydrogens (tertiary/aromatic N) is 4. The molecule has 0 radical (unpaired) electrons. The standard InChI is InChI=1S/C27H26N6O2S2/c1-4-19-9-13-21(14-10-19)29-27(36)30-28-17-20-11-15-22(16-12-20)33-18(2)26-25(31-33)23-7-5-6-8-24(23)37(34,35)32(26)3/h5-17H,4H2,1-3H3,(H2,29,30,36)/b28-17+. The van der Waals surface area contributed by atoms with Crippen LogP contribution >= 0.6 is 12.2 Å². The largest absolute Gasteiger partial charge is 0.331 e. The Hall–Kier alpha value is -4.02. The summed E-state index contributed by atoms with van der Waals surface area (Å²) in [6.07, 6.45) is 2.66. The number of anilines is 2. The van der Waals surface area contributed by atoms with Gasteiger partial charge in [-0.15, -0.1) is 0 Å². The lowest BCUT2D eigenvalue weighted by molar-refractivity contribution is 0.594. The number of hydrogen-bond acceptors (Lipinski definition) is 5. The van der Waals surface area contributed by atoms with Gasteiger partial charge < -0.3 is 5.32 Å². The maximum Gasteiger partial charge on any atom is 0.264 e. The lowest BCUT2D eigenvalue weighted by atomic mass is 10.1. The van der Waals surface area contributed by atoms with Crippen LogP contribution in [-0.2, 0) is 16.4 Å². The Morgan fingerprint density at radius 3 is 2.46 bits per heavy atom. The summed E-state index contributed by atoms with van der Waals surface area (Å²) >= 11 is 5.31. The first-order valence-corrected chi connectivity index (χ1v) is 13.6. The third-order valence-electron chi connectivity index (χ3n) is 6.32. The molecule has 0 atom stereocenters. The fraction of sp³-hybridized carbons (Fsp3) is 0.148. The van der Waals surface area contributed by atoms with Crippen molar-refractivity contribution in [1.82, 2.24) is 15.2 Å². The van der Waals surface area contributed by atoms with Crippen LogP contribution in [0.5, 0.6) is 0 Å². The van der Waals surface area contributed by atoms with Crippen molar-refractivity contribution in [2.75, 3.05) is 16.7 Å². The van der Waals surface area contributed by atoms with Crippen molar-refractivity contribution >= 4 is 44.9 Å². The van der Waals surface area contributed by atoms with E-state index in [-0.39, 0.29) is 4.90 Å². The van der Waals surface area contributed by atoms with Crippen LogP contribution in [0.2, 0.25) is 0 Å². The fourth-order valence-electron chi connectivity index (χ4n) is 4.31. The highest BCUT2D eigenvalue weighted by molar-refractivity contribution is 7.93. The van der Waals surface area contributed by atoms with Crippen LogP contribution in [-0.4, -0.2) is 36.6 Å². The van der Waals surface area contributed by atoms with Crippen molar-refractivity contribution in [3.05, 3.63) is 89.6 Å². The highest BCUT2D eigenvalue weighted by atomic mass is 32.2. The minimum atomic E-state index is -3.63. The molecule has 0 unspecified atom stereocenters. The van der Waals surface area contributed by atoms with Crippen LogP contribution in [0.25, 0.3) is 16.9 Å². The maximum absolute atomic E-state index is 13.0. The summed E-state index contributed by atoms with van der Waals surface area (Å²) < 4.78 is 29.2. The first kappa shape index (κ1) is 24.7. The summed E-state index contributed by atoms with van der Waals surface area (Å²) in [5, 5.41) is 12.5. The molecule has 37 heavy (non-hydrogen) atoms. The smallest absolute Gasteiger partial charge is 0.264 e. The molecule has 2 N–H and O–H groups in total. The SMILES string of the molecule is CCc1ccc(NC(=S)N/N=C/c2ccc(-n3nc4c(c3C)N(C)S(=O)(=O)c3ccccc3-4)cc2)cc1. The number of aromatic nitrogens is 2. The van der Waals surface area contributed by atoms with E-state index in [2.05, 4.69) is 34.9 Å². The second kappa shape index (κ2) is 9.79. The van der Waals surface area contributed by atoms with Gasteiger partial charge in [0.1, 0.15) is 11.4 Å². The van der Waals surface area contributed by atoms with Crippen LogP contribution in [0.4, 0.5) is 11.4 Å². The van der Waals surface area contributed by atoms with E-state index in [9.17, 15) is 8.42 Å². The Morgan fingerprint density at radius 2 is 1.76 bits per heavy atom. The zero-order chi connectivity index (χ0) is 26.2. The number of thiocarbonyl (C=S) groups is 1. The van der Waals surface area contributed by atoms with Gasteiger partial charge in [0.15, 0.2) is 5.11 Å². The van der Waals surface area contributed by atoms with E-state index in [0.717, 1.165) is 29.1 Å². The fourth-order valence-corrected chi connectivity index (χ4v) is 5.93. The maximum atomic E-state index is 13.0. The van der Waals surface area contributed by atoms with Gasteiger partial charge >= 0.3 is 0 Å². The average molecular weight is 531 g/mol. The van der Waals surface area contributed by atoms with Gasteiger partial charge in [-0.1, -0.05) is 49.4 Å². The predicted octanol–water partition coefficient (Wildman–Crippen LogP) is 4.87. The zero-order valence-electron chi connectivity index (χ0n) is 20.6. The Bertz CT molecular complexity index is 1610. The van der Waals surface area contributed by atoms with Gasteiger partial charge in [-0.25, -0.2) is 13.1 Å². The highest BCUT2D eigenvalue weighted by Crippen LogP contribution is 2.43. The van der Waals surface area contributed by atoms with E-state index in [1.165, 1.54) is 9.87 Å².